The molecule has 6 rings (SSSR count). The summed E-state index contributed by atoms with van der Waals surface area (Å²) in [7, 11) is 9.87. The van der Waals surface area contributed by atoms with Crippen molar-refractivity contribution in [3.05, 3.63) is 137 Å². The predicted molar refractivity (Wildman–Crippen MR) is 202 cm³/mol. The summed E-state index contributed by atoms with van der Waals surface area (Å²) in [6.07, 6.45) is -10.7. The van der Waals surface area contributed by atoms with Crippen LogP contribution in [0.15, 0.2) is 95.2 Å². The zero-order valence-electron chi connectivity index (χ0n) is 26.5. The molecule has 22 heteroatoms. The quantitative estimate of drug-likeness (QED) is 0.0704. The summed E-state index contributed by atoms with van der Waals surface area (Å²) in [5, 5.41) is 18.3. The Bertz CT molecular complexity index is 2020. The van der Waals surface area contributed by atoms with E-state index >= 15 is 0 Å². The third-order valence-electron chi connectivity index (χ3n) is 7.64. The molecular formula is C32H21Cl7F6N4O4Sn. The van der Waals surface area contributed by atoms with Gasteiger partial charge < -0.3 is 15.4 Å². The monoisotopic (exact) mass is 1000 g/mol. The first-order chi connectivity index (χ1) is 24.7. The Morgan fingerprint density at radius 3 is 1.41 bits per heavy atom. The number of rotatable bonds is 5. The molecule has 0 fully saturated rings. The van der Waals surface area contributed by atoms with Gasteiger partial charge in [0.1, 0.15) is 0 Å². The number of nitro benzene ring substituents is 1. The first-order valence-corrected chi connectivity index (χ1v) is 23.1. The van der Waals surface area contributed by atoms with Gasteiger partial charge >= 0.3 is 49.1 Å². The molecule has 0 amide bonds. The number of alkyl halides is 6. The minimum atomic E-state index is -4.83. The zero-order chi connectivity index (χ0) is 39.4. The van der Waals surface area contributed by atoms with Crippen LogP contribution in [0.5, 0.6) is 0 Å². The molecule has 54 heavy (non-hydrogen) atoms. The molecule has 8 nitrogen and oxygen atoms in total. The van der Waals surface area contributed by atoms with Gasteiger partial charge in [-0.05, 0) is 48.5 Å². The average Bonchev–Trinajstić information content (AvgIpc) is 3.73. The van der Waals surface area contributed by atoms with E-state index in [2.05, 4.69) is 10.3 Å². The van der Waals surface area contributed by atoms with Crippen LogP contribution in [0, 0.1) is 10.1 Å². The van der Waals surface area contributed by atoms with E-state index in [1.54, 1.807) is 24.3 Å². The Labute approximate surface area is 346 Å². The van der Waals surface area contributed by atoms with Crippen molar-refractivity contribution in [3.8, 4) is 0 Å². The molecule has 2 aliphatic rings. The molecule has 4 aromatic rings. The molecule has 2 radical (unpaired) electrons. The van der Waals surface area contributed by atoms with Gasteiger partial charge in [-0.1, -0.05) is 81.0 Å². The molecule has 0 saturated heterocycles. The molecule has 2 aliphatic heterocycles. The van der Waals surface area contributed by atoms with Crippen LogP contribution in [0.4, 0.5) is 37.7 Å². The minimum absolute atomic E-state index is 0. The molecule has 2 unspecified atom stereocenters. The standard InChI is InChI=1S/C16H9Cl2F3N2O3.C16H11Cl2F3N2O.3ClH.Sn/c17-11-5-10(6-12(18)7-11)15(16(19,20)21)8-14(22-26-15)9-2-1-3-13(4-9)23(24)25;17-11-5-10(6-12(18)7-11)15(16(19,20)21)8-14(23-24-15)9-2-1-3-13(22)4-9;;;;/h1-7H,8H2;1-7H,8,22H2;3*1H;/q;;;;;+2/p-2. The summed E-state index contributed by atoms with van der Waals surface area (Å²) < 4.78 is 83.1. The first-order valence-electron chi connectivity index (χ1n) is 14.4. The van der Waals surface area contributed by atoms with E-state index in [1.807, 2.05) is 0 Å². The van der Waals surface area contributed by atoms with Gasteiger partial charge in [-0.3, -0.25) is 10.1 Å². The van der Waals surface area contributed by atoms with Gasteiger partial charge in [-0.2, -0.15) is 26.3 Å². The molecule has 0 saturated carbocycles. The van der Waals surface area contributed by atoms with Gasteiger partial charge in [-0.15, -0.1) is 12.4 Å². The Hall–Kier alpha value is -2.57. The first kappa shape index (κ1) is 45.8. The normalized spacial score (nSPS) is 19.0. The number of anilines is 1. The number of oxime groups is 2. The summed E-state index contributed by atoms with van der Waals surface area (Å²) in [4.78, 5) is 20.0. The molecule has 0 bridgehead atoms. The number of nitrogens with two attached hydrogens (primary N) is 1. The van der Waals surface area contributed by atoms with Crippen LogP contribution in [0.1, 0.15) is 35.1 Å². The Morgan fingerprint density at radius 1 is 0.685 bits per heavy atom. The fraction of sp³-hybridized carbons (Fsp3) is 0.188. The van der Waals surface area contributed by atoms with E-state index in [9.17, 15) is 36.5 Å². The number of hydrogen-bond acceptors (Lipinski definition) is 7. The predicted octanol–water partition coefficient (Wildman–Crippen LogP) is 12.1. The Kier molecular flexibility index (Phi) is 15.8. The number of hydrogen-bond donors (Lipinski definition) is 1. The van der Waals surface area contributed by atoms with Crippen molar-refractivity contribution in [1.29, 1.82) is 0 Å². The number of nitrogens with zero attached hydrogens (tertiary/aromatic N) is 3. The van der Waals surface area contributed by atoms with Crippen molar-refractivity contribution in [2.45, 2.75) is 36.4 Å². The van der Waals surface area contributed by atoms with Crippen molar-refractivity contribution in [1.82, 2.24) is 0 Å². The summed E-state index contributed by atoms with van der Waals surface area (Å²) in [6, 6.07) is 18.8. The van der Waals surface area contributed by atoms with Gasteiger partial charge in [0.05, 0.1) is 16.3 Å². The molecule has 2 N–H and O–H groups in total. The molecule has 2 heterocycles. The van der Waals surface area contributed by atoms with E-state index in [1.165, 1.54) is 42.5 Å². The number of benzene rings is 4. The van der Waals surface area contributed by atoms with E-state index < -0.39 is 60.2 Å². The van der Waals surface area contributed by atoms with Crippen LogP contribution in [0.3, 0.4) is 0 Å². The second kappa shape index (κ2) is 18.6. The maximum atomic E-state index is 13.9. The van der Waals surface area contributed by atoms with Gasteiger partial charge in [0, 0.05) is 73.0 Å². The van der Waals surface area contributed by atoms with E-state index in [0.29, 0.717) is 11.3 Å². The molecule has 4 aromatic carbocycles. The van der Waals surface area contributed by atoms with Crippen LogP contribution < -0.4 is 5.73 Å². The fourth-order valence-corrected chi connectivity index (χ4v) is 6.26. The van der Waals surface area contributed by atoms with Gasteiger partial charge in [0.15, 0.2) is 0 Å². The SMILES string of the molecule is Cl.Nc1cccc(C2=NOC(c3cc(Cl)cc(Cl)c3)(C(F)(F)F)C2)c1.O=[N+]([O-])c1cccc(C2=NOC(c3cc(Cl)cc(Cl)c3)(C(F)(F)F)C2)c1.[Cl][Sn][Cl]. The molecule has 2 atom stereocenters. The second-order valence-electron chi connectivity index (χ2n) is 11.1. The van der Waals surface area contributed by atoms with Crippen molar-refractivity contribution in [2.75, 3.05) is 5.73 Å². The molecule has 0 aliphatic carbocycles. The third-order valence-corrected chi connectivity index (χ3v) is 8.51. The van der Waals surface area contributed by atoms with E-state index in [0.717, 1.165) is 18.2 Å². The zero-order valence-corrected chi connectivity index (χ0v) is 34.7. The second-order valence-corrected chi connectivity index (χ2v) is 17.1. The third kappa shape index (κ3) is 10.4. The summed E-state index contributed by atoms with van der Waals surface area (Å²) in [5.74, 6) is 0. The maximum absolute atomic E-state index is 13.9. The van der Waals surface area contributed by atoms with E-state index in [-0.39, 0.29) is 66.3 Å². The van der Waals surface area contributed by atoms with Crippen molar-refractivity contribution >= 4 is 118 Å². The molecular weight excluding hydrogens is 985 g/mol. The topological polar surface area (TPSA) is 112 Å². The molecule has 0 spiro atoms. The number of nitrogen functional groups attached to an aromatic ring is 1. The van der Waals surface area contributed by atoms with Crippen molar-refractivity contribution in [2.24, 2.45) is 10.3 Å². The van der Waals surface area contributed by atoms with Gasteiger partial charge in [0.25, 0.3) is 16.9 Å². The van der Waals surface area contributed by atoms with Crippen molar-refractivity contribution in [3.63, 3.8) is 0 Å². The van der Waals surface area contributed by atoms with Crippen molar-refractivity contribution < 1.29 is 40.9 Å². The molecule has 288 valence electrons. The summed E-state index contributed by atoms with van der Waals surface area (Å²) in [5.41, 5.74) is 0.637. The van der Waals surface area contributed by atoms with Gasteiger partial charge in [0.2, 0.25) is 0 Å². The Balaban J connectivity index is 0.000000267. The summed E-state index contributed by atoms with van der Waals surface area (Å²) in [6.45, 7) is 0. The Morgan fingerprint density at radius 2 is 1.06 bits per heavy atom. The molecule has 0 aromatic heterocycles. The number of nitro groups is 1. The average molecular weight is 1010 g/mol. The number of halogens is 13. The van der Waals surface area contributed by atoms with Crippen LogP contribution in [-0.4, -0.2) is 47.6 Å². The van der Waals surface area contributed by atoms with Crippen LogP contribution in [0.2, 0.25) is 20.1 Å². The fourth-order valence-electron chi connectivity index (χ4n) is 5.21. The van der Waals surface area contributed by atoms with Crippen LogP contribution in [0.25, 0.3) is 0 Å². The van der Waals surface area contributed by atoms with Crippen LogP contribution in [-0.2, 0) is 20.9 Å². The van der Waals surface area contributed by atoms with Crippen LogP contribution >= 0.6 is 76.7 Å². The van der Waals surface area contributed by atoms with Gasteiger partial charge in [-0.25, -0.2) is 0 Å². The number of non-ortho nitro benzene ring substituents is 1. The summed E-state index contributed by atoms with van der Waals surface area (Å²) >= 11 is 22.5. The van der Waals surface area contributed by atoms with E-state index in [4.69, 9.17) is 79.7 Å².